The first-order valence-corrected chi connectivity index (χ1v) is 9.74. The topological polar surface area (TPSA) is 55.8 Å². The molecule has 0 N–H and O–H groups in total. The average molecular weight is 345 g/mol. The zero-order valence-electron chi connectivity index (χ0n) is 13.3. The maximum absolute atomic E-state index is 12.5. The van der Waals surface area contributed by atoms with E-state index < -0.39 is 9.84 Å². The van der Waals surface area contributed by atoms with Crippen molar-refractivity contribution < 1.29 is 17.9 Å². The SMILES string of the molecule is O=S(=O)(CCCN1CCc2ccccc21)c1ccc2c(c1)OCO2. The predicted molar refractivity (Wildman–Crippen MR) is 91.6 cm³/mol. The molecule has 0 radical (unpaired) electrons. The number of nitrogens with zero attached hydrogens (tertiary/aromatic N) is 1. The summed E-state index contributed by atoms with van der Waals surface area (Å²) in [7, 11) is -3.31. The highest BCUT2D eigenvalue weighted by molar-refractivity contribution is 7.91. The average Bonchev–Trinajstić information content (AvgIpc) is 3.21. The molecule has 4 rings (SSSR count). The van der Waals surface area contributed by atoms with E-state index in [2.05, 4.69) is 17.0 Å². The van der Waals surface area contributed by atoms with Gasteiger partial charge in [0.2, 0.25) is 6.79 Å². The van der Waals surface area contributed by atoms with Gasteiger partial charge in [0.1, 0.15) is 0 Å². The summed E-state index contributed by atoms with van der Waals surface area (Å²) in [5, 5.41) is 0. The van der Waals surface area contributed by atoms with E-state index in [1.54, 1.807) is 18.2 Å². The van der Waals surface area contributed by atoms with E-state index in [1.165, 1.54) is 11.3 Å². The summed E-state index contributed by atoms with van der Waals surface area (Å²) in [5.74, 6) is 1.23. The molecule has 0 aromatic heterocycles. The number of para-hydroxylation sites is 1. The number of hydrogen-bond acceptors (Lipinski definition) is 5. The van der Waals surface area contributed by atoms with Crippen LogP contribution in [0.2, 0.25) is 0 Å². The standard InChI is InChI=1S/C18H19NO4S/c20-24(21,15-6-7-17-18(12-15)23-13-22-17)11-3-9-19-10-8-14-4-1-2-5-16(14)19/h1-2,4-7,12H,3,8-11,13H2. The fourth-order valence-electron chi connectivity index (χ4n) is 3.27. The minimum Gasteiger partial charge on any atom is -0.454 e. The highest BCUT2D eigenvalue weighted by atomic mass is 32.2. The molecule has 0 saturated heterocycles. The van der Waals surface area contributed by atoms with Crippen LogP contribution in [0.15, 0.2) is 47.4 Å². The van der Waals surface area contributed by atoms with Gasteiger partial charge in [-0.1, -0.05) is 18.2 Å². The van der Waals surface area contributed by atoms with Crippen molar-refractivity contribution in [3.8, 4) is 11.5 Å². The number of benzene rings is 2. The molecule has 2 aliphatic rings. The van der Waals surface area contributed by atoms with Gasteiger partial charge < -0.3 is 14.4 Å². The van der Waals surface area contributed by atoms with E-state index in [4.69, 9.17) is 9.47 Å². The number of hydrogen-bond donors (Lipinski definition) is 0. The minimum atomic E-state index is -3.31. The van der Waals surface area contributed by atoms with Crippen LogP contribution in [0.5, 0.6) is 11.5 Å². The van der Waals surface area contributed by atoms with Crippen LogP contribution in [-0.4, -0.2) is 34.1 Å². The van der Waals surface area contributed by atoms with Crippen molar-refractivity contribution >= 4 is 15.5 Å². The molecule has 0 spiro atoms. The molecule has 2 aromatic carbocycles. The first kappa shape index (κ1) is 15.3. The van der Waals surface area contributed by atoms with E-state index in [9.17, 15) is 8.42 Å². The lowest BCUT2D eigenvalue weighted by atomic mass is 10.2. The van der Waals surface area contributed by atoms with Gasteiger partial charge in [0, 0.05) is 24.8 Å². The molecule has 126 valence electrons. The van der Waals surface area contributed by atoms with Crippen LogP contribution in [-0.2, 0) is 16.3 Å². The molecular weight excluding hydrogens is 326 g/mol. The van der Waals surface area contributed by atoms with Crippen LogP contribution in [0.1, 0.15) is 12.0 Å². The van der Waals surface area contributed by atoms with E-state index in [0.717, 1.165) is 19.5 Å². The Kier molecular flexibility index (Phi) is 3.84. The van der Waals surface area contributed by atoms with Gasteiger partial charge in [-0.15, -0.1) is 0 Å². The zero-order valence-corrected chi connectivity index (χ0v) is 14.1. The van der Waals surface area contributed by atoms with E-state index >= 15 is 0 Å². The number of ether oxygens (including phenoxy) is 2. The lowest BCUT2D eigenvalue weighted by Crippen LogP contribution is -2.23. The van der Waals surface area contributed by atoms with Crippen molar-refractivity contribution in [1.29, 1.82) is 0 Å². The summed E-state index contributed by atoms with van der Waals surface area (Å²) in [6, 6.07) is 13.1. The van der Waals surface area contributed by atoms with Crippen molar-refractivity contribution in [2.45, 2.75) is 17.7 Å². The minimum absolute atomic E-state index is 0.130. The summed E-state index contributed by atoms with van der Waals surface area (Å²) in [4.78, 5) is 2.57. The second-order valence-electron chi connectivity index (χ2n) is 6.05. The Bertz CT molecular complexity index is 863. The van der Waals surface area contributed by atoms with Crippen LogP contribution >= 0.6 is 0 Å². The van der Waals surface area contributed by atoms with E-state index in [0.29, 0.717) is 22.8 Å². The Hall–Kier alpha value is -2.21. The number of sulfone groups is 1. The van der Waals surface area contributed by atoms with Crippen molar-refractivity contribution in [2.75, 3.05) is 30.5 Å². The van der Waals surface area contributed by atoms with Crippen molar-refractivity contribution in [3.63, 3.8) is 0 Å². The highest BCUT2D eigenvalue weighted by Crippen LogP contribution is 2.34. The van der Waals surface area contributed by atoms with Gasteiger partial charge in [-0.25, -0.2) is 8.42 Å². The molecule has 2 aromatic rings. The molecular formula is C18H19NO4S. The summed E-state index contributed by atoms with van der Waals surface area (Å²) in [6.45, 7) is 1.86. The maximum atomic E-state index is 12.5. The molecule has 0 fully saturated rings. The third-order valence-electron chi connectivity index (χ3n) is 4.53. The molecule has 5 nitrogen and oxygen atoms in total. The maximum Gasteiger partial charge on any atom is 0.231 e. The van der Waals surface area contributed by atoms with Crippen LogP contribution in [0.4, 0.5) is 5.69 Å². The molecule has 0 atom stereocenters. The quantitative estimate of drug-likeness (QED) is 0.834. The van der Waals surface area contributed by atoms with Gasteiger partial charge in [0.15, 0.2) is 21.3 Å². The molecule has 0 saturated carbocycles. The first-order chi connectivity index (χ1) is 11.6. The largest absolute Gasteiger partial charge is 0.454 e. The third kappa shape index (κ3) is 2.82. The summed E-state index contributed by atoms with van der Waals surface area (Å²) >= 11 is 0. The number of anilines is 1. The smallest absolute Gasteiger partial charge is 0.231 e. The second kappa shape index (κ2) is 6.02. The van der Waals surface area contributed by atoms with Crippen LogP contribution in [0.3, 0.4) is 0 Å². The summed E-state index contributed by atoms with van der Waals surface area (Å²) < 4.78 is 35.6. The van der Waals surface area contributed by atoms with Crippen molar-refractivity contribution in [1.82, 2.24) is 0 Å². The lowest BCUT2D eigenvalue weighted by Gasteiger charge is -2.19. The third-order valence-corrected chi connectivity index (χ3v) is 6.33. The second-order valence-corrected chi connectivity index (χ2v) is 8.16. The normalized spacial score (nSPS) is 15.6. The van der Waals surface area contributed by atoms with Gasteiger partial charge in [0.05, 0.1) is 10.6 Å². The fraction of sp³-hybridized carbons (Fsp3) is 0.333. The molecule has 6 heteroatoms. The van der Waals surface area contributed by atoms with Gasteiger partial charge in [-0.05, 0) is 36.6 Å². The van der Waals surface area contributed by atoms with Gasteiger partial charge >= 0.3 is 0 Å². The van der Waals surface area contributed by atoms with Crippen molar-refractivity contribution in [2.24, 2.45) is 0 Å². The highest BCUT2D eigenvalue weighted by Gasteiger charge is 2.22. The lowest BCUT2D eigenvalue weighted by molar-refractivity contribution is 0.174. The van der Waals surface area contributed by atoms with Gasteiger partial charge in [-0.3, -0.25) is 0 Å². The number of rotatable bonds is 5. The van der Waals surface area contributed by atoms with Crippen LogP contribution in [0.25, 0.3) is 0 Å². The Morgan fingerprint density at radius 3 is 2.79 bits per heavy atom. The Balaban J connectivity index is 1.41. The Labute approximate surface area is 141 Å². The predicted octanol–water partition coefficient (Wildman–Crippen LogP) is 2.64. The van der Waals surface area contributed by atoms with Crippen LogP contribution < -0.4 is 14.4 Å². The molecule has 2 aliphatic heterocycles. The molecule has 0 unspecified atom stereocenters. The Morgan fingerprint density at radius 1 is 1.04 bits per heavy atom. The first-order valence-electron chi connectivity index (χ1n) is 8.09. The fourth-order valence-corrected chi connectivity index (χ4v) is 4.58. The number of fused-ring (bicyclic) bond motifs is 2. The monoisotopic (exact) mass is 345 g/mol. The Morgan fingerprint density at radius 2 is 1.88 bits per heavy atom. The molecule has 0 amide bonds. The van der Waals surface area contributed by atoms with Crippen molar-refractivity contribution in [3.05, 3.63) is 48.0 Å². The summed E-state index contributed by atoms with van der Waals surface area (Å²) in [5.41, 5.74) is 2.58. The zero-order chi connectivity index (χ0) is 16.6. The van der Waals surface area contributed by atoms with E-state index in [1.807, 2.05) is 12.1 Å². The van der Waals surface area contributed by atoms with Gasteiger partial charge in [0.25, 0.3) is 0 Å². The van der Waals surface area contributed by atoms with E-state index in [-0.39, 0.29) is 12.5 Å². The molecule has 0 aliphatic carbocycles. The molecule has 24 heavy (non-hydrogen) atoms. The molecule has 0 bridgehead atoms. The molecule has 2 heterocycles. The summed E-state index contributed by atoms with van der Waals surface area (Å²) in [6.07, 6.45) is 1.64. The van der Waals surface area contributed by atoms with Crippen LogP contribution in [0, 0.1) is 0 Å². The van der Waals surface area contributed by atoms with Gasteiger partial charge in [-0.2, -0.15) is 0 Å².